The minimum Gasteiger partial charge on any atom is -0.497 e. The maximum absolute atomic E-state index is 6.24. The monoisotopic (exact) mass is 379 g/mol. The number of benzene rings is 2. The highest BCUT2D eigenvalue weighted by Gasteiger charge is 2.12. The molecule has 0 amide bonds. The molecule has 1 N–H and O–H groups in total. The molecule has 4 aromatic rings. The van der Waals surface area contributed by atoms with Gasteiger partial charge in [0.25, 0.3) is 5.78 Å². The molecule has 0 fully saturated rings. The van der Waals surface area contributed by atoms with E-state index in [4.69, 9.17) is 16.3 Å². The molecule has 0 radical (unpaired) electrons. The lowest BCUT2D eigenvalue weighted by atomic mass is 10.2. The molecule has 4 rings (SSSR count). The number of rotatable bonds is 4. The van der Waals surface area contributed by atoms with Crippen molar-refractivity contribution in [3.8, 4) is 17.1 Å². The smallest absolute Gasteiger partial charge is 0.254 e. The molecular weight excluding hydrogens is 362 g/mol. The van der Waals surface area contributed by atoms with Gasteiger partial charge in [-0.1, -0.05) is 17.7 Å². The zero-order chi connectivity index (χ0) is 19.0. The van der Waals surface area contributed by atoms with Gasteiger partial charge in [0.1, 0.15) is 11.6 Å². The van der Waals surface area contributed by atoms with Crippen LogP contribution in [0, 0.1) is 13.8 Å². The van der Waals surface area contributed by atoms with Gasteiger partial charge in [0, 0.05) is 28.0 Å². The maximum atomic E-state index is 6.24. The van der Waals surface area contributed by atoms with Crippen LogP contribution in [-0.4, -0.2) is 26.7 Å². The largest absolute Gasteiger partial charge is 0.497 e. The third-order valence-corrected chi connectivity index (χ3v) is 4.64. The SMILES string of the molecule is COc1ccc(-c2nc3nc(C)cc(Nc4ccc(C)c(Cl)c4)n3n2)cc1. The first-order valence-corrected chi connectivity index (χ1v) is 8.83. The summed E-state index contributed by atoms with van der Waals surface area (Å²) < 4.78 is 6.90. The number of aromatic nitrogens is 4. The Morgan fingerprint density at radius 2 is 1.78 bits per heavy atom. The number of halogens is 1. The van der Waals surface area contributed by atoms with E-state index in [0.29, 0.717) is 16.6 Å². The second kappa shape index (κ2) is 6.89. The van der Waals surface area contributed by atoms with Gasteiger partial charge in [-0.05, 0) is 55.8 Å². The zero-order valence-corrected chi connectivity index (χ0v) is 15.9. The standard InChI is InChI=1S/C20H18ClN5O/c1-12-4-7-15(11-17(12)21)23-18-10-13(2)22-20-24-19(25-26(18)20)14-5-8-16(27-3)9-6-14/h4-11,23H,1-3H3. The molecular formula is C20H18ClN5O. The van der Waals surface area contributed by atoms with Crippen LogP contribution < -0.4 is 10.1 Å². The molecule has 0 aliphatic carbocycles. The van der Waals surface area contributed by atoms with Gasteiger partial charge in [-0.2, -0.15) is 9.50 Å². The molecule has 0 saturated heterocycles. The maximum Gasteiger partial charge on any atom is 0.254 e. The van der Waals surface area contributed by atoms with E-state index in [9.17, 15) is 0 Å². The molecule has 2 heterocycles. The van der Waals surface area contributed by atoms with Crippen LogP contribution in [0.15, 0.2) is 48.5 Å². The van der Waals surface area contributed by atoms with Crippen molar-refractivity contribution >= 4 is 28.9 Å². The van der Waals surface area contributed by atoms with E-state index in [-0.39, 0.29) is 0 Å². The van der Waals surface area contributed by atoms with Gasteiger partial charge in [0.05, 0.1) is 7.11 Å². The van der Waals surface area contributed by atoms with Crippen molar-refractivity contribution in [1.82, 2.24) is 19.6 Å². The minimum absolute atomic E-state index is 0.529. The molecule has 136 valence electrons. The molecule has 0 spiro atoms. The highest BCUT2D eigenvalue weighted by atomic mass is 35.5. The first-order chi connectivity index (χ1) is 13.0. The number of nitrogens with zero attached hydrogens (tertiary/aromatic N) is 4. The first-order valence-electron chi connectivity index (χ1n) is 8.45. The molecule has 27 heavy (non-hydrogen) atoms. The van der Waals surface area contributed by atoms with Crippen LogP contribution in [-0.2, 0) is 0 Å². The third kappa shape index (κ3) is 3.44. The highest BCUT2D eigenvalue weighted by molar-refractivity contribution is 6.31. The third-order valence-electron chi connectivity index (χ3n) is 4.23. The van der Waals surface area contributed by atoms with E-state index < -0.39 is 0 Å². The Morgan fingerprint density at radius 3 is 2.48 bits per heavy atom. The number of ether oxygens (including phenoxy) is 1. The highest BCUT2D eigenvalue weighted by Crippen LogP contribution is 2.25. The Hall–Kier alpha value is -3.12. The second-order valence-corrected chi connectivity index (χ2v) is 6.65. The minimum atomic E-state index is 0.529. The van der Waals surface area contributed by atoms with Crippen LogP contribution in [0.4, 0.5) is 11.5 Å². The Labute approximate surface area is 161 Å². The average molecular weight is 380 g/mol. The number of methoxy groups -OCH3 is 1. The van der Waals surface area contributed by atoms with Gasteiger partial charge in [-0.3, -0.25) is 0 Å². The topological polar surface area (TPSA) is 64.3 Å². The molecule has 0 unspecified atom stereocenters. The summed E-state index contributed by atoms with van der Waals surface area (Å²) in [5.74, 6) is 2.68. The molecule has 0 aliphatic heterocycles. The summed E-state index contributed by atoms with van der Waals surface area (Å²) in [7, 11) is 1.64. The van der Waals surface area contributed by atoms with Crippen LogP contribution in [0.5, 0.6) is 5.75 Å². The molecule has 7 heteroatoms. The summed E-state index contributed by atoms with van der Waals surface area (Å²) in [5, 5.41) is 8.69. The van der Waals surface area contributed by atoms with Crippen LogP contribution in [0.3, 0.4) is 0 Å². The number of fused-ring (bicyclic) bond motifs is 1. The Kier molecular flexibility index (Phi) is 4.41. The lowest BCUT2D eigenvalue weighted by molar-refractivity contribution is 0.415. The summed E-state index contributed by atoms with van der Waals surface area (Å²) in [6, 6.07) is 15.4. The van der Waals surface area contributed by atoms with Crippen molar-refractivity contribution in [2.24, 2.45) is 0 Å². The number of hydrogen-bond acceptors (Lipinski definition) is 5. The van der Waals surface area contributed by atoms with Gasteiger partial charge >= 0.3 is 0 Å². The molecule has 6 nitrogen and oxygen atoms in total. The van der Waals surface area contributed by atoms with E-state index >= 15 is 0 Å². The number of hydrogen-bond donors (Lipinski definition) is 1. The fourth-order valence-corrected chi connectivity index (χ4v) is 2.94. The number of anilines is 2. The summed E-state index contributed by atoms with van der Waals surface area (Å²) in [6.07, 6.45) is 0. The Balaban J connectivity index is 1.76. The van der Waals surface area contributed by atoms with Crippen LogP contribution in [0.25, 0.3) is 17.2 Å². The Morgan fingerprint density at radius 1 is 1.00 bits per heavy atom. The summed E-state index contributed by atoms with van der Waals surface area (Å²) in [4.78, 5) is 9.06. The van der Waals surface area contributed by atoms with Gasteiger partial charge in [0.15, 0.2) is 5.82 Å². The van der Waals surface area contributed by atoms with Crippen LogP contribution >= 0.6 is 11.6 Å². The molecule has 0 bridgehead atoms. The fraction of sp³-hybridized carbons (Fsp3) is 0.150. The van der Waals surface area contributed by atoms with Crippen LogP contribution in [0.2, 0.25) is 5.02 Å². The Bertz CT molecular complexity index is 1120. The molecule has 2 aromatic heterocycles. The van der Waals surface area contributed by atoms with Crippen molar-refractivity contribution in [2.75, 3.05) is 12.4 Å². The quantitative estimate of drug-likeness (QED) is 0.551. The molecule has 0 aliphatic rings. The lowest BCUT2D eigenvalue weighted by Crippen LogP contribution is -2.02. The van der Waals surface area contributed by atoms with Gasteiger partial charge in [-0.25, -0.2) is 4.98 Å². The molecule has 0 atom stereocenters. The van der Waals surface area contributed by atoms with Gasteiger partial charge in [-0.15, -0.1) is 5.10 Å². The van der Waals surface area contributed by atoms with Crippen molar-refractivity contribution < 1.29 is 4.74 Å². The number of aryl methyl sites for hydroxylation is 2. The van der Waals surface area contributed by atoms with E-state index in [2.05, 4.69) is 20.4 Å². The van der Waals surface area contributed by atoms with E-state index in [0.717, 1.165) is 34.1 Å². The lowest BCUT2D eigenvalue weighted by Gasteiger charge is -2.09. The van der Waals surface area contributed by atoms with Crippen molar-refractivity contribution in [3.05, 3.63) is 64.8 Å². The summed E-state index contributed by atoms with van der Waals surface area (Å²) in [5.41, 5.74) is 3.64. The zero-order valence-electron chi connectivity index (χ0n) is 15.2. The van der Waals surface area contributed by atoms with Crippen molar-refractivity contribution in [3.63, 3.8) is 0 Å². The van der Waals surface area contributed by atoms with Crippen molar-refractivity contribution in [2.45, 2.75) is 13.8 Å². The predicted molar refractivity (Wildman–Crippen MR) is 107 cm³/mol. The average Bonchev–Trinajstić information content (AvgIpc) is 3.09. The van der Waals surface area contributed by atoms with Gasteiger partial charge < -0.3 is 10.1 Å². The second-order valence-electron chi connectivity index (χ2n) is 6.25. The molecule has 0 saturated carbocycles. The first kappa shape index (κ1) is 17.3. The van der Waals surface area contributed by atoms with E-state index in [1.54, 1.807) is 11.6 Å². The van der Waals surface area contributed by atoms with Gasteiger partial charge in [0.2, 0.25) is 0 Å². The van der Waals surface area contributed by atoms with E-state index in [1.165, 1.54) is 0 Å². The molecule has 2 aromatic carbocycles. The normalized spacial score (nSPS) is 11.0. The summed E-state index contributed by atoms with van der Waals surface area (Å²) in [6.45, 7) is 3.90. The fourth-order valence-electron chi connectivity index (χ4n) is 2.76. The van der Waals surface area contributed by atoms with Crippen LogP contribution in [0.1, 0.15) is 11.3 Å². The number of nitrogens with one attached hydrogen (secondary N) is 1. The summed E-state index contributed by atoms with van der Waals surface area (Å²) >= 11 is 6.24. The predicted octanol–water partition coefficient (Wildman–Crippen LogP) is 4.81. The van der Waals surface area contributed by atoms with Crippen molar-refractivity contribution in [1.29, 1.82) is 0 Å². The van der Waals surface area contributed by atoms with E-state index in [1.807, 2.05) is 62.4 Å².